The van der Waals surface area contributed by atoms with E-state index >= 15 is 0 Å². The lowest BCUT2D eigenvalue weighted by Gasteiger charge is -2.28. The van der Waals surface area contributed by atoms with Crippen LogP contribution >= 0.6 is 11.8 Å². The molecule has 1 aliphatic rings. The number of nitrogens with one attached hydrogen (secondary N) is 1. The van der Waals surface area contributed by atoms with Gasteiger partial charge in [-0.25, -0.2) is 4.39 Å². The van der Waals surface area contributed by atoms with Crippen molar-refractivity contribution in [3.05, 3.63) is 35.1 Å². The number of thioether (sulfide) groups is 1. The number of aryl methyl sites for hydroxylation is 1. The highest BCUT2D eigenvalue weighted by atomic mass is 32.2. The summed E-state index contributed by atoms with van der Waals surface area (Å²) in [6.07, 6.45) is 7.39. The quantitative estimate of drug-likeness (QED) is 0.888. The Morgan fingerprint density at radius 2 is 2.00 bits per heavy atom. The third-order valence-electron chi connectivity index (χ3n) is 3.82. The minimum atomic E-state index is -0.112. The maximum Gasteiger partial charge on any atom is 0.126 e. The van der Waals surface area contributed by atoms with Crippen molar-refractivity contribution in [2.24, 2.45) is 0 Å². The summed E-state index contributed by atoms with van der Waals surface area (Å²) in [6.45, 7) is 2.68. The van der Waals surface area contributed by atoms with Crippen molar-refractivity contribution in [3.63, 3.8) is 0 Å². The molecule has 0 aromatic heterocycles. The molecule has 1 aliphatic carbocycles. The van der Waals surface area contributed by atoms with Gasteiger partial charge < -0.3 is 5.32 Å². The van der Waals surface area contributed by atoms with E-state index in [1.165, 1.54) is 31.2 Å². The molecule has 100 valence electrons. The van der Waals surface area contributed by atoms with Crippen molar-refractivity contribution < 1.29 is 4.39 Å². The Hall–Kier alpha value is -0.540. The van der Waals surface area contributed by atoms with Crippen LogP contribution in [0.3, 0.4) is 0 Å². The fourth-order valence-electron chi connectivity index (χ4n) is 2.58. The third-order valence-corrected chi connectivity index (χ3v) is 4.96. The Bertz CT molecular complexity index is 386. The van der Waals surface area contributed by atoms with Crippen LogP contribution in [0.5, 0.6) is 0 Å². The molecule has 0 bridgehead atoms. The van der Waals surface area contributed by atoms with Gasteiger partial charge >= 0.3 is 0 Å². The zero-order valence-electron chi connectivity index (χ0n) is 11.2. The van der Waals surface area contributed by atoms with E-state index in [0.29, 0.717) is 6.04 Å². The van der Waals surface area contributed by atoms with E-state index in [1.54, 1.807) is 6.07 Å². The predicted octanol–water partition coefficient (Wildman–Crippen LogP) is 3.90. The molecule has 0 amide bonds. The van der Waals surface area contributed by atoms with E-state index in [-0.39, 0.29) is 5.82 Å². The van der Waals surface area contributed by atoms with Gasteiger partial charge in [-0.3, -0.25) is 0 Å². The summed E-state index contributed by atoms with van der Waals surface area (Å²) < 4.78 is 13.2. The van der Waals surface area contributed by atoms with Gasteiger partial charge in [0.1, 0.15) is 5.82 Å². The molecule has 0 saturated heterocycles. The Morgan fingerprint density at radius 1 is 1.28 bits per heavy atom. The summed E-state index contributed by atoms with van der Waals surface area (Å²) in [5, 5.41) is 4.46. The number of rotatable bonds is 4. The highest BCUT2D eigenvalue weighted by Crippen LogP contribution is 2.27. The SMILES string of the molecule is CSC1CCC(NCc2ccc(F)c(C)c2)CC1. The molecule has 0 aliphatic heterocycles. The van der Waals surface area contributed by atoms with Crippen LogP contribution in [0.2, 0.25) is 0 Å². The van der Waals surface area contributed by atoms with Crippen molar-refractivity contribution in [1.29, 1.82) is 0 Å². The minimum absolute atomic E-state index is 0.112. The zero-order valence-corrected chi connectivity index (χ0v) is 12.0. The Morgan fingerprint density at radius 3 is 2.61 bits per heavy atom. The molecule has 1 N–H and O–H groups in total. The maximum atomic E-state index is 13.2. The summed E-state index contributed by atoms with van der Waals surface area (Å²) in [4.78, 5) is 0. The van der Waals surface area contributed by atoms with Gasteiger partial charge in [-0.15, -0.1) is 0 Å². The first kappa shape index (κ1) is 13.9. The minimum Gasteiger partial charge on any atom is -0.310 e. The van der Waals surface area contributed by atoms with Gasteiger partial charge in [0.2, 0.25) is 0 Å². The lowest BCUT2D eigenvalue weighted by molar-refractivity contribution is 0.379. The number of hydrogen-bond acceptors (Lipinski definition) is 2. The Balaban J connectivity index is 1.79. The molecule has 0 unspecified atom stereocenters. The molecule has 1 aromatic carbocycles. The average molecular weight is 267 g/mol. The van der Waals surface area contributed by atoms with Crippen LogP contribution in [0.1, 0.15) is 36.8 Å². The summed E-state index contributed by atoms with van der Waals surface area (Å²) in [5.74, 6) is -0.112. The molecule has 1 aromatic rings. The molecule has 2 rings (SSSR count). The van der Waals surface area contributed by atoms with Crippen molar-refractivity contribution >= 4 is 11.8 Å². The van der Waals surface area contributed by atoms with E-state index < -0.39 is 0 Å². The summed E-state index contributed by atoms with van der Waals surface area (Å²) in [7, 11) is 0. The fourth-order valence-corrected chi connectivity index (χ4v) is 3.33. The highest BCUT2D eigenvalue weighted by molar-refractivity contribution is 7.99. The lowest BCUT2D eigenvalue weighted by atomic mass is 9.95. The van der Waals surface area contributed by atoms with Gasteiger partial charge in [0.15, 0.2) is 0 Å². The second-order valence-corrected chi connectivity index (χ2v) is 6.31. The first-order valence-corrected chi connectivity index (χ1v) is 7.99. The van der Waals surface area contributed by atoms with Crippen molar-refractivity contribution in [3.8, 4) is 0 Å². The monoisotopic (exact) mass is 267 g/mol. The third kappa shape index (κ3) is 3.72. The van der Waals surface area contributed by atoms with E-state index in [9.17, 15) is 4.39 Å². The maximum absolute atomic E-state index is 13.2. The van der Waals surface area contributed by atoms with Crippen LogP contribution in [0.15, 0.2) is 18.2 Å². The molecule has 0 radical (unpaired) electrons. The van der Waals surface area contributed by atoms with E-state index in [0.717, 1.165) is 17.4 Å². The smallest absolute Gasteiger partial charge is 0.126 e. The first-order valence-electron chi connectivity index (χ1n) is 6.70. The van der Waals surface area contributed by atoms with Crippen molar-refractivity contribution in [1.82, 2.24) is 5.32 Å². The topological polar surface area (TPSA) is 12.0 Å². The summed E-state index contributed by atoms with van der Waals surface area (Å²) in [6, 6.07) is 6.02. The van der Waals surface area contributed by atoms with E-state index in [4.69, 9.17) is 0 Å². The molecule has 0 heterocycles. The molecule has 3 heteroatoms. The number of benzene rings is 1. The second-order valence-electron chi connectivity index (χ2n) is 5.17. The first-order chi connectivity index (χ1) is 8.69. The number of hydrogen-bond donors (Lipinski definition) is 1. The van der Waals surface area contributed by atoms with Crippen LogP contribution in [-0.2, 0) is 6.54 Å². The highest BCUT2D eigenvalue weighted by Gasteiger charge is 2.19. The zero-order chi connectivity index (χ0) is 13.0. The molecular weight excluding hydrogens is 245 g/mol. The van der Waals surface area contributed by atoms with Gasteiger partial charge in [-0.2, -0.15) is 11.8 Å². The Kier molecular flexibility index (Phi) is 5.07. The van der Waals surface area contributed by atoms with Gasteiger partial charge in [-0.05, 0) is 56.1 Å². The lowest BCUT2D eigenvalue weighted by Crippen LogP contribution is -2.33. The summed E-state index contributed by atoms with van der Waals surface area (Å²) in [5.41, 5.74) is 1.92. The molecule has 1 fully saturated rings. The molecule has 1 saturated carbocycles. The van der Waals surface area contributed by atoms with E-state index in [1.807, 2.05) is 30.8 Å². The molecule has 0 atom stereocenters. The predicted molar refractivity (Wildman–Crippen MR) is 77.5 cm³/mol. The largest absolute Gasteiger partial charge is 0.310 e. The van der Waals surface area contributed by atoms with Gasteiger partial charge in [-0.1, -0.05) is 12.1 Å². The average Bonchev–Trinajstić information content (AvgIpc) is 2.41. The van der Waals surface area contributed by atoms with E-state index in [2.05, 4.69) is 11.6 Å². The van der Waals surface area contributed by atoms with Crippen LogP contribution in [0, 0.1) is 12.7 Å². The van der Waals surface area contributed by atoms with Crippen molar-refractivity contribution in [2.45, 2.75) is 50.4 Å². The van der Waals surface area contributed by atoms with Crippen molar-refractivity contribution in [2.75, 3.05) is 6.26 Å². The second kappa shape index (κ2) is 6.58. The number of halogens is 1. The molecule has 1 nitrogen and oxygen atoms in total. The van der Waals surface area contributed by atoms with Crippen LogP contribution < -0.4 is 5.32 Å². The van der Waals surface area contributed by atoms with Gasteiger partial charge in [0.05, 0.1) is 0 Å². The standard InChI is InChI=1S/C15H22FNS/c1-11-9-12(3-8-15(11)16)10-17-13-4-6-14(18-2)7-5-13/h3,8-9,13-14,17H,4-7,10H2,1-2H3. The van der Waals surface area contributed by atoms with Crippen LogP contribution in [0.25, 0.3) is 0 Å². The van der Waals surface area contributed by atoms with Crippen LogP contribution in [-0.4, -0.2) is 17.5 Å². The van der Waals surface area contributed by atoms with Gasteiger partial charge in [0, 0.05) is 17.8 Å². The molecule has 0 spiro atoms. The normalized spacial score (nSPS) is 24.2. The fraction of sp³-hybridized carbons (Fsp3) is 0.600. The molecular formula is C15H22FNS. The van der Waals surface area contributed by atoms with Gasteiger partial charge in [0.25, 0.3) is 0 Å². The van der Waals surface area contributed by atoms with Crippen LogP contribution in [0.4, 0.5) is 4.39 Å². The Labute approximate surface area is 114 Å². The molecule has 18 heavy (non-hydrogen) atoms. The summed E-state index contributed by atoms with van der Waals surface area (Å²) >= 11 is 2.00.